The van der Waals surface area contributed by atoms with Gasteiger partial charge in [0.15, 0.2) is 5.82 Å². The molecule has 5 heteroatoms. The monoisotopic (exact) mass is 195 g/mol. The second-order valence-corrected chi connectivity index (χ2v) is 3.83. The third-order valence-corrected chi connectivity index (χ3v) is 2.40. The molecular weight excluding hydrogens is 186 g/mol. The van der Waals surface area contributed by atoms with Crippen molar-refractivity contribution in [1.29, 1.82) is 0 Å². The molecule has 0 aliphatic heterocycles. The van der Waals surface area contributed by atoms with Gasteiger partial charge < -0.3 is 4.52 Å². The van der Waals surface area contributed by atoms with Gasteiger partial charge in [-0.05, 0) is 6.92 Å². The summed E-state index contributed by atoms with van der Waals surface area (Å²) in [5.74, 6) is 1.30. The van der Waals surface area contributed by atoms with Crippen LogP contribution in [-0.2, 0) is 6.42 Å². The van der Waals surface area contributed by atoms with Crippen LogP contribution in [0.2, 0.25) is 0 Å². The second-order valence-electron chi connectivity index (χ2n) is 2.76. The molecule has 2 rings (SSSR count). The van der Waals surface area contributed by atoms with Gasteiger partial charge in [-0.25, -0.2) is 4.98 Å². The Labute approximate surface area is 79.6 Å². The lowest BCUT2D eigenvalue weighted by Crippen LogP contribution is -1.90. The molecule has 0 aliphatic rings. The van der Waals surface area contributed by atoms with E-state index in [2.05, 4.69) is 15.1 Å². The summed E-state index contributed by atoms with van der Waals surface area (Å²) in [4.78, 5) is 8.41. The maximum absolute atomic E-state index is 4.86. The molecule has 0 unspecified atom stereocenters. The van der Waals surface area contributed by atoms with Crippen molar-refractivity contribution in [3.8, 4) is 0 Å². The van der Waals surface area contributed by atoms with Gasteiger partial charge in [-0.3, -0.25) is 0 Å². The summed E-state index contributed by atoms with van der Waals surface area (Å²) < 4.78 is 4.86. The maximum atomic E-state index is 4.86. The Balaban J connectivity index is 2.14. The summed E-state index contributed by atoms with van der Waals surface area (Å²) in [6.45, 7) is 3.76. The molecule has 0 aliphatic carbocycles. The maximum Gasteiger partial charge on any atom is 0.223 e. The van der Waals surface area contributed by atoms with Crippen LogP contribution in [0.15, 0.2) is 9.90 Å². The highest BCUT2D eigenvalue weighted by atomic mass is 32.1. The zero-order valence-corrected chi connectivity index (χ0v) is 8.26. The first-order chi connectivity index (χ1) is 6.24. The van der Waals surface area contributed by atoms with Crippen LogP contribution in [0.5, 0.6) is 0 Å². The van der Waals surface area contributed by atoms with Gasteiger partial charge in [-0.2, -0.15) is 4.98 Å². The fraction of sp³-hybridized carbons (Fsp3) is 0.375. The van der Waals surface area contributed by atoms with Gasteiger partial charge in [0.05, 0.1) is 17.1 Å². The highest BCUT2D eigenvalue weighted by molar-refractivity contribution is 7.09. The van der Waals surface area contributed by atoms with E-state index in [1.54, 1.807) is 18.3 Å². The third-order valence-electron chi connectivity index (χ3n) is 1.58. The topological polar surface area (TPSA) is 51.8 Å². The molecule has 0 atom stereocenters. The quantitative estimate of drug-likeness (QED) is 0.732. The molecule has 0 amide bonds. The van der Waals surface area contributed by atoms with Gasteiger partial charge in [0.1, 0.15) is 0 Å². The van der Waals surface area contributed by atoms with E-state index in [1.165, 1.54) is 0 Å². The van der Waals surface area contributed by atoms with Crippen LogP contribution < -0.4 is 0 Å². The molecule has 2 aromatic heterocycles. The van der Waals surface area contributed by atoms with Crippen LogP contribution in [0.25, 0.3) is 0 Å². The zero-order valence-electron chi connectivity index (χ0n) is 7.44. The van der Waals surface area contributed by atoms with Gasteiger partial charge in [0.2, 0.25) is 5.89 Å². The molecule has 0 aromatic carbocycles. The van der Waals surface area contributed by atoms with Crippen molar-refractivity contribution in [3.05, 3.63) is 27.8 Å². The molecule has 0 saturated heterocycles. The van der Waals surface area contributed by atoms with Gasteiger partial charge >= 0.3 is 0 Å². The molecule has 2 heterocycles. The van der Waals surface area contributed by atoms with Crippen LogP contribution in [0.4, 0.5) is 0 Å². The van der Waals surface area contributed by atoms with E-state index in [1.807, 2.05) is 12.3 Å². The smallest absolute Gasteiger partial charge is 0.223 e. The number of aryl methyl sites for hydroxylation is 2. The summed E-state index contributed by atoms with van der Waals surface area (Å²) in [5.41, 5.74) is 1.00. The lowest BCUT2D eigenvalue weighted by atomic mass is 10.3. The van der Waals surface area contributed by atoms with Crippen LogP contribution in [0.3, 0.4) is 0 Å². The fourth-order valence-electron chi connectivity index (χ4n) is 1.06. The molecule has 0 saturated carbocycles. The van der Waals surface area contributed by atoms with E-state index in [0.29, 0.717) is 18.1 Å². The Hall–Kier alpha value is -1.23. The average Bonchev–Trinajstić information content (AvgIpc) is 2.62. The number of hydrogen-bond donors (Lipinski definition) is 0. The van der Waals surface area contributed by atoms with E-state index >= 15 is 0 Å². The second kappa shape index (κ2) is 3.26. The first kappa shape index (κ1) is 8.37. The van der Waals surface area contributed by atoms with E-state index in [-0.39, 0.29) is 0 Å². The van der Waals surface area contributed by atoms with Gasteiger partial charge in [0.25, 0.3) is 0 Å². The molecule has 0 bridgehead atoms. The molecule has 0 spiro atoms. The number of nitrogens with zero attached hydrogens (tertiary/aromatic N) is 3. The summed E-state index contributed by atoms with van der Waals surface area (Å²) in [7, 11) is 0. The van der Waals surface area contributed by atoms with Crippen LogP contribution in [-0.4, -0.2) is 15.1 Å². The fourth-order valence-corrected chi connectivity index (χ4v) is 1.68. The summed E-state index contributed by atoms with van der Waals surface area (Å²) >= 11 is 1.63. The Bertz CT molecular complexity index is 369. The molecule has 0 radical (unpaired) electrons. The lowest BCUT2D eigenvalue weighted by Gasteiger charge is -1.86. The molecule has 68 valence electrons. The Kier molecular flexibility index (Phi) is 2.10. The number of aromatic nitrogens is 3. The van der Waals surface area contributed by atoms with Crippen molar-refractivity contribution < 1.29 is 4.52 Å². The van der Waals surface area contributed by atoms with Crippen LogP contribution >= 0.6 is 11.3 Å². The van der Waals surface area contributed by atoms with E-state index in [4.69, 9.17) is 4.52 Å². The van der Waals surface area contributed by atoms with Crippen molar-refractivity contribution in [1.82, 2.24) is 15.1 Å². The first-order valence-electron chi connectivity index (χ1n) is 3.94. The Morgan fingerprint density at radius 2 is 2.23 bits per heavy atom. The highest BCUT2D eigenvalue weighted by Gasteiger charge is 2.05. The minimum absolute atomic E-state index is 0.599. The molecule has 0 N–H and O–H groups in total. The summed E-state index contributed by atoms with van der Waals surface area (Å²) in [6, 6.07) is 0. The Morgan fingerprint density at radius 1 is 1.38 bits per heavy atom. The largest absolute Gasteiger partial charge is 0.340 e. The number of thiazole rings is 1. The minimum atomic E-state index is 0.599. The molecule has 4 nitrogen and oxygen atoms in total. The standard InChI is InChI=1S/C8H9N3OS/c1-5-9-8(11-12-5)3-7-4-13-6(2)10-7/h4H,3H2,1-2H3. The average molecular weight is 195 g/mol. The number of hydrogen-bond acceptors (Lipinski definition) is 5. The predicted molar refractivity (Wildman–Crippen MR) is 48.7 cm³/mol. The first-order valence-corrected chi connectivity index (χ1v) is 4.82. The van der Waals surface area contributed by atoms with Crippen LogP contribution in [0.1, 0.15) is 22.4 Å². The van der Waals surface area contributed by atoms with Crippen molar-refractivity contribution in [2.24, 2.45) is 0 Å². The highest BCUT2D eigenvalue weighted by Crippen LogP contribution is 2.11. The van der Waals surface area contributed by atoms with E-state index < -0.39 is 0 Å². The SMILES string of the molecule is Cc1nc(Cc2csc(C)n2)no1. The molecule has 13 heavy (non-hydrogen) atoms. The van der Waals surface area contributed by atoms with Crippen molar-refractivity contribution in [3.63, 3.8) is 0 Å². The predicted octanol–water partition coefficient (Wildman–Crippen LogP) is 1.73. The summed E-state index contributed by atoms with van der Waals surface area (Å²) in [6.07, 6.45) is 0.654. The Morgan fingerprint density at radius 3 is 2.77 bits per heavy atom. The molecular formula is C8H9N3OS. The van der Waals surface area contributed by atoms with Gasteiger partial charge in [-0.1, -0.05) is 5.16 Å². The van der Waals surface area contributed by atoms with E-state index in [9.17, 15) is 0 Å². The van der Waals surface area contributed by atoms with Crippen LogP contribution in [0, 0.1) is 13.8 Å². The molecule has 0 fully saturated rings. The third kappa shape index (κ3) is 1.92. The van der Waals surface area contributed by atoms with Crippen molar-refractivity contribution in [2.75, 3.05) is 0 Å². The summed E-state index contributed by atoms with van der Waals surface area (Å²) in [5, 5.41) is 6.88. The normalized spacial score (nSPS) is 10.6. The van der Waals surface area contributed by atoms with Gasteiger partial charge in [0, 0.05) is 12.3 Å². The van der Waals surface area contributed by atoms with Crippen molar-refractivity contribution >= 4 is 11.3 Å². The number of rotatable bonds is 2. The lowest BCUT2D eigenvalue weighted by molar-refractivity contribution is 0.388. The van der Waals surface area contributed by atoms with Gasteiger partial charge in [-0.15, -0.1) is 11.3 Å². The minimum Gasteiger partial charge on any atom is -0.340 e. The van der Waals surface area contributed by atoms with E-state index in [0.717, 1.165) is 10.7 Å². The van der Waals surface area contributed by atoms with Crippen molar-refractivity contribution in [2.45, 2.75) is 20.3 Å². The molecule has 2 aromatic rings. The zero-order chi connectivity index (χ0) is 9.26.